The van der Waals surface area contributed by atoms with E-state index in [1.165, 1.54) is 0 Å². The van der Waals surface area contributed by atoms with E-state index < -0.39 is 41.3 Å². The Morgan fingerprint density at radius 1 is 1.09 bits per heavy atom. The largest absolute Gasteiger partial charge is 0.478 e. The molecule has 1 aliphatic heterocycles. The SMILES string of the molecule is Cc1ccccc1N1CC(C)(C)N(C[C@H](N)[C@@H](O)C[C@H](C(=O)NCC(C)(C)C(N)=O)C(C)C)CC1=O.O=C(O)/C=C/C(=O)O. The Bertz CT molecular complexity index is 1200. The number of carboxylic acids is 2. The molecule has 0 saturated carbocycles. The van der Waals surface area contributed by atoms with Crippen LogP contribution in [0.1, 0.15) is 53.5 Å². The lowest BCUT2D eigenvalue weighted by Crippen LogP contribution is -2.64. The molecular formula is C31H49N5O8. The van der Waals surface area contributed by atoms with E-state index in [4.69, 9.17) is 21.7 Å². The highest BCUT2D eigenvalue weighted by molar-refractivity contribution is 5.96. The molecule has 246 valence electrons. The van der Waals surface area contributed by atoms with Gasteiger partial charge in [-0.25, -0.2) is 9.59 Å². The number of carbonyl (C=O) groups excluding carboxylic acids is 3. The number of aliphatic carboxylic acids is 2. The molecule has 1 aromatic carbocycles. The Morgan fingerprint density at radius 2 is 1.64 bits per heavy atom. The Kier molecular flexibility index (Phi) is 14.2. The molecule has 0 aromatic heterocycles. The summed E-state index contributed by atoms with van der Waals surface area (Å²) < 4.78 is 0. The van der Waals surface area contributed by atoms with Crippen LogP contribution in [0.3, 0.4) is 0 Å². The van der Waals surface area contributed by atoms with Crippen LogP contribution in [-0.2, 0) is 24.0 Å². The molecule has 1 aliphatic rings. The first kappa shape index (κ1) is 38.2. The molecule has 0 unspecified atom stereocenters. The molecule has 3 amide bonds. The maximum absolute atomic E-state index is 13.0. The summed E-state index contributed by atoms with van der Waals surface area (Å²) >= 11 is 0. The Hall–Kier alpha value is -3.81. The number of hydrogen-bond acceptors (Lipinski definition) is 8. The average molecular weight is 620 g/mol. The maximum atomic E-state index is 13.0. The lowest BCUT2D eigenvalue weighted by molar-refractivity contribution is -0.134. The molecule has 2 rings (SSSR count). The average Bonchev–Trinajstić information content (AvgIpc) is 2.91. The zero-order valence-corrected chi connectivity index (χ0v) is 26.7. The highest BCUT2D eigenvalue weighted by Gasteiger charge is 2.40. The molecule has 0 aliphatic carbocycles. The van der Waals surface area contributed by atoms with Crippen molar-refractivity contribution in [3.05, 3.63) is 42.0 Å². The van der Waals surface area contributed by atoms with E-state index in [2.05, 4.69) is 19.2 Å². The van der Waals surface area contributed by atoms with E-state index in [0.29, 0.717) is 25.2 Å². The fraction of sp³-hybridized carbons (Fsp3) is 0.581. The number of primary amides is 1. The Morgan fingerprint density at radius 3 is 2.11 bits per heavy atom. The van der Waals surface area contributed by atoms with E-state index in [9.17, 15) is 29.1 Å². The van der Waals surface area contributed by atoms with Crippen LogP contribution in [0.5, 0.6) is 0 Å². The maximum Gasteiger partial charge on any atom is 0.328 e. The van der Waals surface area contributed by atoms with Gasteiger partial charge in [0.15, 0.2) is 0 Å². The van der Waals surface area contributed by atoms with Crippen molar-refractivity contribution in [3.63, 3.8) is 0 Å². The summed E-state index contributed by atoms with van der Waals surface area (Å²) in [5.41, 5.74) is 12.5. The number of benzene rings is 1. The van der Waals surface area contributed by atoms with Crippen LogP contribution in [0.25, 0.3) is 0 Å². The van der Waals surface area contributed by atoms with Gasteiger partial charge in [0.1, 0.15) is 0 Å². The smallest absolute Gasteiger partial charge is 0.328 e. The number of hydrogen-bond donors (Lipinski definition) is 6. The molecule has 0 radical (unpaired) electrons. The summed E-state index contributed by atoms with van der Waals surface area (Å²) in [6.45, 7) is 14.4. The minimum Gasteiger partial charge on any atom is -0.478 e. The van der Waals surface area contributed by atoms with Crippen LogP contribution in [0.15, 0.2) is 36.4 Å². The van der Waals surface area contributed by atoms with E-state index in [1.54, 1.807) is 13.8 Å². The van der Waals surface area contributed by atoms with Crippen molar-refractivity contribution in [2.75, 3.05) is 31.1 Å². The number of aliphatic hydroxyl groups excluding tert-OH is 1. The molecule has 0 spiro atoms. The standard InChI is InChI=1S/C27H45N5O4.C4H4O4/c1-17(2)19(24(35)30-15-26(4,5)25(29)36)12-22(33)20(28)13-31-14-23(34)32(16-27(31,6)7)21-11-9-8-10-18(21)3;5-3(6)1-2-4(7)8/h8-11,17,19-20,22,33H,12-16,28H2,1-7H3,(H2,29,36)(H,30,35);1-2H,(H,5,6)(H,7,8)/b;2-1+/t19-,20-,22-;/m0./s1. The molecule has 1 saturated heterocycles. The number of nitrogens with one attached hydrogen (secondary N) is 1. The van der Waals surface area contributed by atoms with Gasteiger partial charge in [-0.1, -0.05) is 32.0 Å². The van der Waals surface area contributed by atoms with Crippen molar-refractivity contribution in [2.45, 2.75) is 72.6 Å². The van der Waals surface area contributed by atoms with Crippen molar-refractivity contribution in [3.8, 4) is 0 Å². The van der Waals surface area contributed by atoms with Crippen molar-refractivity contribution in [2.24, 2.45) is 28.7 Å². The molecule has 13 nitrogen and oxygen atoms in total. The van der Waals surface area contributed by atoms with Gasteiger partial charge >= 0.3 is 11.9 Å². The topological polar surface area (TPSA) is 217 Å². The van der Waals surface area contributed by atoms with Crippen molar-refractivity contribution in [1.29, 1.82) is 0 Å². The van der Waals surface area contributed by atoms with Gasteiger partial charge in [0, 0.05) is 55.0 Å². The van der Waals surface area contributed by atoms with Gasteiger partial charge in [-0.2, -0.15) is 0 Å². The minimum absolute atomic E-state index is 0.0122. The number of carbonyl (C=O) groups is 5. The monoisotopic (exact) mass is 619 g/mol. The number of anilines is 1. The van der Waals surface area contributed by atoms with Crippen LogP contribution >= 0.6 is 0 Å². The second kappa shape index (κ2) is 16.3. The van der Waals surface area contributed by atoms with Gasteiger partial charge in [0.2, 0.25) is 17.7 Å². The van der Waals surface area contributed by atoms with Gasteiger partial charge in [-0.3, -0.25) is 19.3 Å². The summed E-state index contributed by atoms with van der Waals surface area (Å²) in [5, 5.41) is 29.4. The zero-order valence-electron chi connectivity index (χ0n) is 26.7. The number of aliphatic hydroxyl groups is 1. The van der Waals surface area contributed by atoms with E-state index in [-0.39, 0.29) is 42.8 Å². The normalized spacial score (nSPS) is 17.4. The lowest BCUT2D eigenvalue weighted by Gasteiger charge is -2.48. The van der Waals surface area contributed by atoms with Crippen LogP contribution in [-0.4, -0.2) is 93.7 Å². The summed E-state index contributed by atoms with van der Waals surface area (Å²) in [4.78, 5) is 60.4. The van der Waals surface area contributed by atoms with Crippen molar-refractivity contribution in [1.82, 2.24) is 10.2 Å². The number of rotatable bonds is 13. The first-order valence-electron chi connectivity index (χ1n) is 14.5. The van der Waals surface area contributed by atoms with E-state index >= 15 is 0 Å². The number of piperazine rings is 1. The van der Waals surface area contributed by atoms with Crippen molar-refractivity contribution < 1.29 is 39.3 Å². The quantitative estimate of drug-likeness (QED) is 0.173. The summed E-state index contributed by atoms with van der Waals surface area (Å²) in [6.07, 6.45) is 0.358. The highest BCUT2D eigenvalue weighted by Crippen LogP contribution is 2.29. The van der Waals surface area contributed by atoms with Crippen LogP contribution in [0.2, 0.25) is 0 Å². The van der Waals surface area contributed by atoms with E-state index in [1.807, 2.05) is 54.8 Å². The van der Waals surface area contributed by atoms with Crippen molar-refractivity contribution >= 4 is 35.3 Å². The predicted octanol–water partition coefficient (Wildman–Crippen LogP) is 1.11. The molecule has 13 heteroatoms. The molecule has 1 heterocycles. The third kappa shape index (κ3) is 11.7. The van der Waals surface area contributed by atoms with Gasteiger partial charge < -0.3 is 37.0 Å². The number of para-hydroxylation sites is 1. The van der Waals surface area contributed by atoms with Crippen LogP contribution in [0, 0.1) is 24.2 Å². The lowest BCUT2D eigenvalue weighted by atomic mass is 9.86. The number of aryl methyl sites for hydroxylation is 1. The number of nitrogens with zero attached hydrogens (tertiary/aromatic N) is 2. The Balaban J connectivity index is 0.00000106. The third-order valence-corrected chi connectivity index (χ3v) is 7.74. The summed E-state index contributed by atoms with van der Waals surface area (Å²) in [5.74, 6) is -3.79. The first-order valence-corrected chi connectivity index (χ1v) is 14.5. The molecule has 1 fully saturated rings. The molecule has 44 heavy (non-hydrogen) atoms. The minimum atomic E-state index is -1.26. The molecule has 1 aromatic rings. The first-order chi connectivity index (χ1) is 20.2. The zero-order chi connectivity index (χ0) is 34.0. The van der Waals surface area contributed by atoms with E-state index in [0.717, 1.165) is 11.3 Å². The predicted molar refractivity (Wildman–Crippen MR) is 167 cm³/mol. The van der Waals surface area contributed by atoms with Gasteiger partial charge in [-0.05, 0) is 58.6 Å². The van der Waals surface area contributed by atoms with Gasteiger partial charge in [-0.15, -0.1) is 0 Å². The second-order valence-electron chi connectivity index (χ2n) is 12.8. The molecule has 8 N–H and O–H groups in total. The summed E-state index contributed by atoms with van der Waals surface area (Å²) in [6, 6.07) is 7.19. The van der Waals surface area contributed by atoms with Crippen LogP contribution < -0.4 is 21.7 Å². The fourth-order valence-electron chi connectivity index (χ4n) is 4.60. The third-order valence-electron chi connectivity index (χ3n) is 7.74. The second-order valence-corrected chi connectivity index (χ2v) is 12.8. The fourth-order valence-corrected chi connectivity index (χ4v) is 4.60. The highest BCUT2D eigenvalue weighted by atomic mass is 16.4. The number of carboxylic acid groups (broad SMARTS) is 2. The van der Waals surface area contributed by atoms with Crippen LogP contribution in [0.4, 0.5) is 5.69 Å². The molecule has 3 atom stereocenters. The number of amides is 3. The molecular weight excluding hydrogens is 570 g/mol. The summed E-state index contributed by atoms with van der Waals surface area (Å²) in [7, 11) is 0. The van der Waals surface area contributed by atoms with Gasteiger partial charge in [0.05, 0.1) is 18.1 Å². The number of nitrogens with two attached hydrogens (primary N) is 2. The Labute approximate surface area is 259 Å². The molecule has 0 bridgehead atoms. The van der Waals surface area contributed by atoms with Gasteiger partial charge in [0.25, 0.3) is 0 Å².